The van der Waals surface area contributed by atoms with Gasteiger partial charge in [-0.25, -0.2) is 4.79 Å². The van der Waals surface area contributed by atoms with E-state index in [2.05, 4.69) is 9.50 Å². The van der Waals surface area contributed by atoms with Crippen molar-refractivity contribution in [3.8, 4) is 5.75 Å². The van der Waals surface area contributed by atoms with E-state index in [-0.39, 0.29) is 18.8 Å². The van der Waals surface area contributed by atoms with E-state index in [1.54, 1.807) is 48.5 Å². The molecular formula is C23H21FN2O8S2. The second-order valence-electron chi connectivity index (χ2n) is 7.79. The molecule has 2 atom stereocenters. The molecule has 1 unspecified atom stereocenters. The van der Waals surface area contributed by atoms with Gasteiger partial charge in [0.1, 0.15) is 23.8 Å². The first-order valence-corrected chi connectivity index (χ1v) is 13.0. The number of esters is 1. The van der Waals surface area contributed by atoms with Crippen molar-refractivity contribution >= 4 is 40.0 Å². The van der Waals surface area contributed by atoms with Crippen LogP contribution in [0.2, 0.25) is 0 Å². The molecule has 2 aliphatic rings. The number of hydrogen-bond donors (Lipinski definition) is 1. The van der Waals surface area contributed by atoms with Gasteiger partial charge in [-0.2, -0.15) is 8.42 Å². The van der Waals surface area contributed by atoms with Crippen molar-refractivity contribution in [3.63, 3.8) is 0 Å². The Labute approximate surface area is 210 Å². The first kappa shape index (κ1) is 25.5. The summed E-state index contributed by atoms with van der Waals surface area (Å²) in [4.78, 5) is 39.2. The number of carbonyl (C=O) groups excluding carboxylic acids is 3. The van der Waals surface area contributed by atoms with E-state index in [1.165, 1.54) is 7.11 Å². The molecule has 0 aliphatic carbocycles. The van der Waals surface area contributed by atoms with Crippen LogP contribution in [0.1, 0.15) is 11.1 Å². The van der Waals surface area contributed by atoms with Crippen LogP contribution in [0.15, 0.2) is 66.1 Å². The van der Waals surface area contributed by atoms with Crippen LogP contribution in [0.5, 0.6) is 5.75 Å². The predicted octanol–water partition coefficient (Wildman–Crippen LogP) is 1.82. The molecule has 190 valence electrons. The number of rotatable bonds is 9. The van der Waals surface area contributed by atoms with Crippen LogP contribution in [0.25, 0.3) is 0 Å². The zero-order chi connectivity index (χ0) is 25.9. The van der Waals surface area contributed by atoms with Crippen molar-refractivity contribution in [1.29, 1.82) is 0 Å². The lowest BCUT2D eigenvalue weighted by atomic mass is 10.0. The topological polar surface area (TPSA) is 128 Å². The quantitative estimate of drug-likeness (QED) is 0.290. The minimum absolute atomic E-state index is 0.0447. The number of hydrogen-bond acceptors (Lipinski definition) is 9. The number of halogens is 1. The number of fused-ring (bicyclic) bond motifs is 1. The summed E-state index contributed by atoms with van der Waals surface area (Å²) in [7, 11) is -3.97. The third-order valence-electron chi connectivity index (χ3n) is 5.38. The highest BCUT2D eigenvalue weighted by molar-refractivity contribution is 8.00. The molecule has 0 radical (unpaired) electrons. The number of nitrogens with one attached hydrogen (secondary N) is 1. The van der Waals surface area contributed by atoms with Crippen LogP contribution in [0, 0.1) is 0 Å². The Balaban J connectivity index is 1.49. The Morgan fingerprint density at radius 3 is 2.44 bits per heavy atom. The van der Waals surface area contributed by atoms with E-state index in [0.717, 1.165) is 22.2 Å². The zero-order valence-electron chi connectivity index (χ0n) is 18.9. The molecule has 1 fully saturated rings. The van der Waals surface area contributed by atoms with Gasteiger partial charge in [-0.15, -0.1) is 11.8 Å². The highest BCUT2D eigenvalue weighted by atomic mass is 32.3. The van der Waals surface area contributed by atoms with E-state index in [9.17, 15) is 26.7 Å². The third kappa shape index (κ3) is 5.79. The minimum Gasteiger partial charge on any atom is -0.497 e. The average Bonchev–Trinajstić information content (AvgIpc) is 2.85. The van der Waals surface area contributed by atoms with Crippen molar-refractivity contribution in [2.24, 2.45) is 0 Å². The molecular weight excluding hydrogens is 515 g/mol. The summed E-state index contributed by atoms with van der Waals surface area (Å²) in [6.07, 6.45) is 0.0447. The molecule has 2 amide bonds. The maximum atomic E-state index is 13.3. The molecule has 0 aromatic heterocycles. The summed E-state index contributed by atoms with van der Waals surface area (Å²) in [5, 5.41) is 1.91. The Bertz CT molecular complexity index is 1300. The molecule has 0 spiro atoms. The first-order valence-electron chi connectivity index (χ1n) is 10.6. The summed E-state index contributed by atoms with van der Waals surface area (Å²) in [5.74, 6) is -2.37. The largest absolute Gasteiger partial charge is 0.497 e. The van der Waals surface area contributed by atoms with Crippen LogP contribution < -0.4 is 10.1 Å². The van der Waals surface area contributed by atoms with Crippen molar-refractivity contribution in [2.75, 3.05) is 12.9 Å². The molecule has 2 heterocycles. The van der Waals surface area contributed by atoms with Gasteiger partial charge in [0.15, 0.2) is 11.5 Å². The van der Waals surface area contributed by atoms with Crippen molar-refractivity contribution < 1.29 is 40.3 Å². The van der Waals surface area contributed by atoms with Crippen molar-refractivity contribution in [3.05, 3.63) is 77.2 Å². The third-order valence-corrected chi connectivity index (χ3v) is 7.03. The van der Waals surface area contributed by atoms with Crippen LogP contribution in [-0.4, -0.2) is 55.4 Å². The number of carbonyl (C=O) groups is 3. The number of methoxy groups -OCH3 is 1. The molecule has 4 rings (SSSR count). The molecule has 0 bridgehead atoms. The Hall–Kier alpha value is -3.58. The Kier molecular flexibility index (Phi) is 7.50. The summed E-state index contributed by atoms with van der Waals surface area (Å²) in [5.41, 5.74) is 0.821. The first-order chi connectivity index (χ1) is 17.2. The van der Waals surface area contributed by atoms with Crippen LogP contribution in [0.4, 0.5) is 3.89 Å². The highest BCUT2D eigenvalue weighted by Gasteiger charge is 2.55. The number of β-lactam (4-membered cyclic amide) rings is 1. The molecule has 13 heteroatoms. The van der Waals surface area contributed by atoms with Crippen LogP contribution >= 0.6 is 11.8 Å². The summed E-state index contributed by atoms with van der Waals surface area (Å²) in [6, 6.07) is 14.6. The fourth-order valence-corrected chi connectivity index (χ4v) is 5.42. The standard InChI is InChI=1S/C23H21FN2O8S2/c1-32-16-9-7-15(8-10-16)12-33-23(29)20-17(34-36(24,30)31)13-35-22-19(21(28)26(20)22)25-18(27)11-14-5-3-2-4-6-14/h2-10,19,22H,11-13H2,1H3,(H,25,27)/t19?,22-/m0/s1. The van der Waals surface area contributed by atoms with Gasteiger partial charge >= 0.3 is 16.5 Å². The van der Waals surface area contributed by atoms with E-state index in [0.29, 0.717) is 11.3 Å². The van der Waals surface area contributed by atoms with Crippen molar-refractivity contribution in [2.45, 2.75) is 24.4 Å². The van der Waals surface area contributed by atoms with Gasteiger partial charge in [-0.3, -0.25) is 14.5 Å². The smallest absolute Gasteiger partial charge is 0.488 e. The number of thioether (sulfide) groups is 1. The van der Waals surface area contributed by atoms with E-state index in [1.807, 2.05) is 6.07 Å². The summed E-state index contributed by atoms with van der Waals surface area (Å²) in [6.45, 7) is -0.209. The molecule has 1 saturated heterocycles. The number of ether oxygens (including phenoxy) is 2. The second kappa shape index (κ2) is 10.6. The molecule has 10 nitrogen and oxygen atoms in total. The van der Waals surface area contributed by atoms with Crippen LogP contribution in [-0.2, 0) is 46.8 Å². The zero-order valence-corrected chi connectivity index (χ0v) is 20.5. The Morgan fingerprint density at radius 1 is 1.11 bits per heavy atom. The molecule has 2 aliphatic heterocycles. The van der Waals surface area contributed by atoms with Gasteiger partial charge in [0, 0.05) is 0 Å². The maximum absolute atomic E-state index is 13.3. The molecule has 1 N–H and O–H groups in total. The van der Waals surface area contributed by atoms with Gasteiger partial charge in [0.2, 0.25) is 5.91 Å². The van der Waals surface area contributed by atoms with Crippen molar-refractivity contribution in [1.82, 2.24) is 10.2 Å². The number of nitrogens with zero attached hydrogens (tertiary/aromatic N) is 1. The summed E-state index contributed by atoms with van der Waals surface area (Å²) >= 11 is 1.02. The molecule has 0 saturated carbocycles. The van der Waals surface area contributed by atoms with Crippen LogP contribution in [0.3, 0.4) is 0 Å². The second-order valence-corrected chi connectivity index (χ2v) is 9.85. The van der Waals surface area contributed by atoms with E-state index >= 15 is 0 Å². The predicted molar refractivity (Wildman–Crippen MR) is 126 cm³/mol. The normalized spacial score (nSPS) is 19.2. The fourth-order valence-electron chi connectivity index (χ4n) is 3.71. The SMILES string of the molecule is COc1ccc(COC(=O)C2=C(OS(=O)(=O)F)CS[C@H]3C(NC(=O)Cc4ccccc4)C(=O)N23)cc1. The van der Waals surface area contributed by atoms with Gasteiger partial charge in [0.05, 0.1) is 19.3 Å². The van der Waals surface area contributed by atoms with Gasteiger partial charge in [0.25, 0.3) is 5.91 Å². The molecule has 2 aromatic rings. The lowest BCUT2D eigenvalue weighted by Gasteiger charge is -2.49. The van der Waals surface area contributed by atoms with Gasteiger partial charge in [-0.05, 0) is 23.3 Å². The number of benzene rings is 2. The van der Waals surface area contributed by atoms with E-state index < -0.39 is 51.2 Å². The maximum Gasteiger partial charge on any atom is 0.488 e. The Morgan fingerprint density at radius 2 is 1.81 bits per heavy atom. The molecule has 2 aromatic carbocycles. The van der Waals surface area contributed by atoms with Gasteiger partial charge < -0.3 is 19.0 Å². The van der Waals surface area contributed by atoms with Gasteiger partial charge in [-0.1, -0.05) is 46.4 Å². The summed E-state index contributed by atoms with van der Waals surface area (Å²) < 4.78 is 50.2. The van der Waals surface area contributed by atoms with E-state index in [4.69, 9.17) is 9.47 Å². The lowest BCUT2D eigenvalue weighted by molar-refractivity contribution is -0.153. The lowest BCUT2D eigenvalue weighted by Crippen LogP contribution is -2.70. The molecule has 36 heavy (non-hydrogen) atoms. The highest BCUT2D eigenvalue weighted by Crippen LogP contribution is 2.41. The minimum atomic E-state index is -5.47. The fraction of sp³-hybridized carbons (Fsp3) is 0.261. The number of amides is 2. The monoisotopic (exact) mass is 536 g/mol. The average molecular weight is 537 g/mol.